The fourth-order valence-corrected chi connectivity index (χ4v) is 2.78. The molecule has 106 valence electrons. The molecule has 0 unspecified atom stereocenters. The predicted octanol–water partition coefficient (Wildman–Crippen LogP) is 2.94. The second-order valence-electron chi connectivity index (χ2n) is 4.24. The van der Waals surface area contributed by atoms with Gasteiger partial charge in [-0.2, -0.15) is 0 Å². The summed E-state index contributed by atoms with van der Waals surface area (Å²) in [5.74, 6) is 0.0638. The van der Waals surface area contributed by atoms with Crippen LogP contribution in [0, 0.1) is 12.7 Å². The van der Waals surface area contributed by atoms with Crippen LogP contribution in [0.5, 0.6) is 5.75 Å². The van der Waals surface area contributed by atoms with Crippen molar-refractivity contribution in [1.29, 1.82) is 0 Å². The van der Waals surface area contributed by atoms with Crippen molar-refractivity contribution < 1.29 is 17.5 Å². The number of halogens is 1. The highest BCUT2D eigenvalue weighted by atomic mass is 32.2. The molecule has 1 N–H and O–H groups in total. The molecule has 0 spiro atoms. The Morgan fingerprint density at radius 3 is 2.35 bits per heavy atom. The van der Waals surface area contributed by atoms with Crippen LogP contribution in [0.1, 0.15) is 5.56 Å². The van der Waals surface area contributed by atoms with Crippen molar-refractivity contribution in [2.75, 3.05) is 11.8 Å². The summed E-state index contributed by atoms with van der Waals surface area (Å²) in [5, 5.41) is 0. The van der Waals surface area contributed by atoms with Gasteiger partial charge in [0, 0.05) is 6.07 Å². The monoisotopic (exact) mass is 295 g/mol. The van der Waals surface area contributed by atoms with E-state index >= 15 is 0 Å². The van der Waals surface area contributed by atoms with Crippen LogP contribution < -0.4 is 9.46 Å². The van der Waals surface area contributed by atoms with Crippen LogP contribution in [0.4, 0.5) is 10.1 Å². The number of benzene rings is 2. The summed E-state index contributed by atoms with van der Waals surface area (Å²) >= 11 is 0. The average molecular weight is 295 g/mol. The molecule has 0 heterocycles. The van der Waals surface area contributed by atoms with E-state index < -0.39 is 15.8 Å². The lowest BCUT2D eigenvalue weighted by molar-refractivity contribution is 0.415. The first-order chi connectivity index (χ1) is 9.42. The Morgan fingerprint density at radius 2 is 1.75 bits per heavy atom. The van der Waals surface area contributed by atoms with Crippen LogP contribution in [0.25, 0.3) is 0 Å². The molecule has 0 aliphatic rings. The van der Waals surface area contributed by atoms with Crippen molar-refractivity contribution in [3.63, 3.8) is 0 Å². The van der Waals surface area contributed by atoms with E-state index in [2.05, 4.69) is 4.72 Å². The van der Waals surface area contributed by atoms with Crippen LogP contribution in [0.15, 0.2) is 47.4 Å². The number of methoxy groups -OCH3 is 1. The Kier molecular flexibility index (Phi) is 3.94. The van der Waals surface area contributed by atoms with E-state index in [0.717, 1.165) is 17.7 Å². The summed E-state index contributed by atoms with van der Waals surface area (Å²) in [5.41, 5.74) is 1.19. The normalized spacial score (nSPS) is 11.2. The number of rotatable bonds is 4. The zero-order valence-electron chi connectivity index (χ0n) is 11.1. The van der Waals surface area contributed by atoms with Gasteiger partial charge in [-0.15, -0.1) is 0 Å². The van der Waals surface area contributed by atoms with Gasteiger partial charge in [-0.1, -0.05) is 6.07 Å². The number of ether oxygens (including phenoxy) is 1. The molecule has 0 bridgehead atoms. The molecule has 4 nitrogen and oxygen atoms in total. The van der Waals surface area contributed by atoms with E-state index in [1.165, 1.54) is 19.2 Å². The number of hydrogen-bond acceptors (Lipinski definition) is 3. The lowest BCUT2D eigenvalue weighted by Crippen LogP contribution is -2.13. The Hall–Kier alpha value is -2.08. The maximum Gasteiger partial charge on any atom is 0.261 e. The lowest BCUT2D eigenvalue weighted by atomic mass is 10.2. The summed E-state index contributed by atoms with van der Waals surface area (Å²) in [6.07, 6.45) is 0. The van der Waals surface area contributed by atoms with Crippen molar-refractivity contribution in [2.24, 2.45) is 0 Å². The molecule has 6 heteroatoms. The van der Waals surface area contributed by atoms with Gasteiger partial charge in [-0.3, -0.25) is 4.72 Å². The van der Waals surface area contributed by atoms with E-state index in [-0.39, 0.29) is 4.90 Å². The van der Waals surface area contributed by atoms with Crippen molar-refractivity contribution in [3.05, 3.63) is 53.8 Å². The summed E-state index contributed by atoms with van der Waals surface area (Å²) in [4.78, 5) is 0.00104. The molecular weight excluding hydrogens is 281 g/mol. The third-order valence-corrected chi connectivity index (χ3v) is 4.19. The van der Waals surface area contributed by atoms with Gasteiger partial charge in [-0.05, 0) is 42.8 Å². The molecule has 2 aromatic rings. The van der Waals surface area contributed by atoms with Crippen LogP contribution in [-0.4, -0.2) is 15.5 Å². The van der Waals surface area contributed by atoms with Gasteiger partial charge < -0.3 is 4.74 Å². The molecule has 0 radical (unpaired) electrons. The fourth-order valence-electron chi connectivity index (χ4n) is 1.66. The second-order valence-corrected chi connectivity index (χ2v) is 5.92. The van der Waals surface area contributed by atoms with Crippen molar-refractivity contribution in [2.45, 2.75) is 11.8 Å². The highest BCUT2D eigenvalue weighted by molar-refractivity contribution is 7.92. The lowest BCUT2D eigenvalue weighted by Gasteiger charge is -2.12. The molecule has 0 aromatic heterocycles. The molecule has 0 atom stereocenters. The minimum Gasteiger partial charge on any atom is -0.497 e. The van der Waals surface area contributed by atoms with E-state index in [0.29, 0.717) is 11.4 Å². The summed E-state index contributed by atoms with van der Waals surface area (Å²) < 4.78 is 44.7. The summed E-state index contributed by atoms with van der Waals surface area (Å²) in [6, 6.07) is 9.73. The zero-order chi connectivity index (χ0) is 14.8. The van der Waals surface area contributed by atoms with Gasteiger partial charge in [0.25, 0.3) is 10.0 Å². The third kappa shape index (κ3) is 3.08. The Balaban J connectivity index is 2.35. The zero-order valence-corrected chi connectivity index (χ0v) is 11.9. The minimum atomic E-state index is -3.75. The first-order valence-corrected chi connectivity index (χ1v) is 7.34. The molecule has 0 aliphatic carbocycles. The second kappa shape index (κ2) is 5.50. The Bertz CT molecular complexity index is 712. The number of aryl methyl sites for hydroxylation is 1. The largest absolute Gasteiger partial charge is 0.497 e. The third-order valence-electron chi connectivity index (χ3n) is 2.81. The van der Waals surface area contributed by atoms with Crippen molar-refractivity contribution in [3.8, 4) is 5.75 Å². The van der Waals surface area contributed by atoms with Gasteiger partial charge >= 0.3 is 0 Å². The molecule has 2 aromatic carbocycles. The van der Waals surface area contributed by atoms with E-state index in [9.17, 15) is 12.8 Å². The van der Waals surface area contributed by atoms with Crippen molar-refractivity contribution in [1.82, 2.24) is 0 Å². The highest BCUT2D eigenvalue weighted by Gasteiger charge is 2.15. The standard InChI is InChI=1S/C14H14FNO3S/c1-10-3-6-12(19-2)9-14(10)16-20(17,18)13-7-4-11(15)5-8-13/h3-9,16H,1-2H3. The number of nitrogens with one attached hydrogen (secondary N) is 1. The summed E-state index contributed by atoms with van der Waals surface area (Å²) in [6.45, 7) is 1.78. The van der Waals surface area contributed by atoms with Crippen molar-refractivity contribution >= 4 is 15.7 Å². The van der Waals surface area contributed by atoms with Gasteiger partial charge in [-0.25, -0.2) is 12.8 Å². The Labute approximate surface area is 117 Å². The molecular formula is C14H14FNO3S. The molecule has 0 aliphatic heterocycles. The molecule has 0 amide bonds. The van der Waals surface area contributed by atoms with E-state index in [1.54, 1.807) is 25.1 Å². The molecule has 0 saturated carbocycles. The maximum absolute atomic E-state index is 12.8. The maximum atomic E-state index is 12.8. The SMILES string of the molecule is COc1ccc(C)c(NS(=O)(=O)c2ccc(F)cc2)c1. The number of anilines is 1. The molecule has 20 heavy (non-hydrogen) atoms. The highest BCUT2D eigenvalue weighted by Crippen LogP contribution is 2.24. The van der Waals surface area contributed by atoms with Gasteiger partial charge in [0.2, 0.25) is 0 Å². The molecule has 0 fully saturated rings. The minimum absolute atomic E-state index is 0.00104. The van der Waals surface area contributed by atoms with Crippen LogP contribution in [0.2, 0.25) is 0 Å². The summed E-state index contributed by atoms with van der Waals surface area (Å²) in [7, 11) is -2.25. The smallest absolute Gasteiger partial charge is 0.261 e. The van der Waals surface area contributed by atoms with Gasteiger partial charge in [0.05, 0.1) is 17.7 Å². The van der Waals surface area contributed by atoms with E-state index in [1.807, 2.05) is 0 Å². The Morgan fingerprint density at radius 1 is 1.10 bits per heavy atom. The molecule has 2 rings (SSSR count). The predicted molar refractivity (Wildman–Crippen MR) is 74.9 cm³/mol. The van der Waals surface area contributed by atoms with Gasteiger partial charge in [0.15, 0.2) is 0 Å². The van der Waals surface area contributed by atoms with Gasteiger partial charge in [0.1, 0.15) is 11.6 Å². The quantitative estimate of drug-likeness (QED) is 0.943. The van der Waals surface area contributed by atoms with E-state index in [4.69, 9.17) is 4.74 Å². The number of sulfonamides is 1. The number of hydrogen-bond donors (Lipinski definition) is 1. The molecule has 0 saturated heterocycles. The first-order valence-electron chi connectivity index (χ1n) is 5.85. The fraction of sp³-hybridized carbons (Fsp3) is 0.143. The average Bonchev–Trinajstić information content (AvgIpc) is 2.41. The topological polar surface area (TPSA) is 55.4 Å². The van der Waals surface area contributed by atoms with Crippen LogP contribution in [-0.2, 0) is 10.0 Å². The first kappa shape index (κ1) is 14.3. The van der Waals surface area contributed by atoms with Crippen LogP contribution >= 0.6 is 0 Å². The van der Waals surface area contributed by atoms with Crippen LogP contribution in [0.3, 0.4) is 0 Å².